The van der Waals surface area contributed by atoms with Crippen molar-refractivity contribution in [1.29, 1.82) is 0 Å². The van der Waals surface area contributed by atoms with E-state index in [-0.39, 0.29) is 10.6 Å². The van der Waals surface area contributed by atoms with Crippen molar-refractivity contribution in [1.82, 2.24) is 0 Å². The maximum absolute atomic E-state index is 11.2. The van der Waals surface area contributed by atoms with Gasteiger partial charge in [-0.2, -0.15) is 0 Å². The highest BCUT2D eigenvalue weighted by atomic mass is 16.6. The smallest absolute Gasteiger partial charge is 0.258 e. The highest BCUT2D eigenvalue weighted by Crippen LogP contribution is 2.34. The molecule has 0 aliphatic heterocycles. The summed E-state index contributed by atoms with van der Waals surface area (Å²) in [6.45, 7) is 1.90. The van der Waals surface area contributed by atoms with Crippen LogP contribution in [0.1, 0.15) is 5.56 Å². The van der Waals surface area contributed by atoms with E-state index in [2.05, 4.69) is 0 Å². The molecule has 0 aliphatic carbocycles. The first-order chi connectivity index (χ1) is 9.66. The van der Waals surface area contributed by atoms with Crippen LogP contribution < -0.4 is 0 Å². The Morgan fingerprint density at radius 1 is 0.900 bits per heavy atom. The lowest BCUT2D eigenvalue weighted by Gasteiger charge is -2.08. The van der Waals surface area contributed by atoms with Crippen molar-refractivity contribution in [2.24, 2.45) is 0 Å². The van der Waals surface area contributed by atoms with E-state index >= 15 is 0 Å². The van der Waals surface area contributed by atoms with Crippen molar-refractivity contribution in [3.05, 3.63) is 76.3 Å². The molecule has 98 valence electrons. The van der Waals surface area contributed by atoms with Gasteiger partial charge in [-0.05, 0) is 34.9 Å². The summed E-state index contributed by atoms with van der Waals surface area (Å²) in [5.41, 5.74) is 2.64. The number of nitro benzene ring substituents is 1. The van der Waals surface area contributed by atoms with E-state index in [1.807, 2.05) is 55.5 Å². The normalized spacial score (nSPS) is 10.7. The molecule has 3 rings (SSSR count). The summed E-state index contributed by atoms with van der Waals surface area (Å²) in [6, 6.07) is 19.1. The molecule has 0 bridgehead atoms. The molecule has 0 aliphatic rings. The minimum Gasteiger partial charge on any atom is -0.258 e. The fourth-order valence-electron chi connectivity index (χ4n) is 2.52. The lowest BCUT2D eigenvalue weighted by molar-refractivity contribution is -0.384. The van der Waals surface area contributed by atoms with Crippen molar-refractivity contribution >= 4 is 16.5 Å². The van der Waals surface area contributed by atoms with Crippen LogP contribution in [0.15, 0.2) is 60.7 Å². The molecule has 3 aromatic rings. The first-order valence-corrected chi connectivity index (χ1v) is 6.40. The van der Waals surface area contributed by atoms with Crippen LogP contribution in [0.2, 0.25) is 0 Å². The third kappa shape index (κ3) is 2.03. The Morgan fingerprint density at radius 3 is 2.40 bits per heavy atom. The predicted octanol–water partition coefficient (Wildman–Crippen LogP) is 4.72. The molecule has 0 fully saturated rings. The fraction of sp³-hybridized carbons (Fsp3) is 0.0588. The molecular weight excluding hydrogens is 250 g/mol. The fourth-order valence-corrected chi connectivity index (χ4v) is 2.52. The van der Waals surface area contributed by atoms with Gasteiger partial charge >= 0.3 is 0 Å². The lowest BCUT2D eigenvalue weighted by Crippen LogP contribution is -1.94. The monoisotopic (exact) mass is 263 g/mol. The first-order valence-electron chi connectivity index (χ1n) is 6.40. The van der Waals surface area contributed by atoms with Crippen LogP contribution in [0.5, 0.6) is 0 Å². The van der Waals surface area contributed by atoms with E-state index in [9.17, 15) is 10.1 Å². The molecule has 20 heavy (non-hydrogen) atoms. The number of rotatable bonds is 2. The minimum absolute atomic E-state index is 0.153. The average Bonchev–Trinajstić information content (AvgIpc) is 2.46. The SMILES string of the molecule is Cc1cccc([N+](=O)[O-])c1-c1ccc2ccccc2c1. The summed E-state index contributed by atoms with van der Waals surface area (Å²) in [6.07, 6.45) is 0. The van der Waals surface area contributed by atoms with Crippen LogP contribution in [0.4, 0.5) is 5.69 Å². The summed E-state index contributed by atoms with van der Waals surface area (Å²) in [7, 11) is 0. The lowest BCUT2D eigenvalue weighted by atomic mass is 9.96. The van der Waals surface area contributed by atoms with Crippen LogP contribution in [-0.4, -0.2) is 4.92 Å². The molecule has 0 amide bonds. The van der Waals surface area contributed by atoms with Gasteiger partial charge < -0.3 is 0 Å². The molecule has 0 atom stereocenters. The van der Waals surface area contributed by atoms with Crippen LogP contribution in [0.25, 0.3) is 21.9 Å². The topological polar surface area (TPSA) is 43.1 Å². The number of benzene rings is 3. The number of hydrogen-bond acceptors (Lipinski definition) is 2. The van der Waals surface area contributed by atoms with E-state index in [0.717, 1.165) is 21.9 Å². The van der Waals surface area contributed by atoms with Gasteiger partial charge in [0, 0.05) is 6.07 Å². The molecule has 0 saturated carbocycles. The minimum atomic E-state index is -0.322. The molecule has 3 aromatic carbocycles. The highest BCUT2D eigenvalue weighted by Gasteiger charge is 2.17. The molecule has 0 heterocycles. The third-order valence-electron chi connectivity index (χ3n) is 3.49. The van der Waals surface area contributed by atoms with Crippen LogP contribution in [-0.2, 0) is 0 Å². The zero-order valence-electron chi connectivity index (χ0n) is 11.0. The van der Waals surface area contributed by atoms with E-state index in [4.69, 9.17) is 0 Å². The summed E-state index contributed by atoms with van der Waals surface area (Å²) >= 11 is 0. The van der Waals surface area contributed by atoms with Gasteiger partial charge in [0.1, 0.15) is 0 Å². The van der Waals surface area contributed by atoms with Crippen LogP contribution in [0, 0.1) is 17.0 Å². The highest BCUT2D eigenvalue weighted by molar-refractivity contribution is 5.89. The zero-order chi connectivity index (χ0) is 14.1. The number of hydrogen-bond donors (Lipinski definition) is 0. The molecule has 3 nitrogen and oxygen atoms in total. The maximum Gasteiger partial charge on any atom is 0.277 e. The number of aryl methyl sites for hydroxylation is 1. The van der Waals surface area contributed by atoms with E-state index in [1.165, 1.54) is 0 Å². The molecule has 0 N–H and O–H groups in total. The van der Waals surface area contributed by atoms with Gasteiger partial charge in [-0.1, -0.05) is 48.5 Å². The quantitative estimate of drug-likeness (QED) is 0.495. The molecule has 0 saturated heterocycles. The Morgan fingerprint density at radius 2 is 1.65 bits per heavy atom. The van der Waals surface area contributed by atoms with Crippen molar-refractivity contribution in [2.45, 2.75) is 6.92 Å². The Balaban J connectivity index is 2.28. The van der Waals surface area contributed by atoms with Crippen molar-refractivity contribution in [3.63, 3.8) is 0 Å². The molecule has 0 unspecified atom stereocenters. The first kappa shape index (κ1) is 12.4. The summed E-state index contributed by atoms with van der Waals surface area (Å²) in [5, 5.41) is 13.4. The van der Waals surface area contributed by atoms with Gasteiger partial charge in [-0.15, -0.1) is 0 Å². The molecule has 0 spiro atoms. The predicted molar refractivity (Wildman–Crippen MR) is 80.8 cm³/mol. The Hall–Kier alpha value is -2.68. The third-order valence-corrected chi connectivity index (χ3v) is 3.49. The summed E-state index contributed by atoms with van der Waals surface area (Å²) < 4.78 is 0. The second-order valence-electron chi connectivity index (χ2n) is 4.79. The van der Waals surface area contributed by atoms with E-state index < -0.39 is 0 Å². The van der Waals surface area contributed by atoms with Gasteiger partial charge in [0.25, 0.3) is 5.69 Å². The average molecular weight is 263 g/mol. The Bertz CT molecular complexity index is 809. The molecule has 3 heteroatoms. The standard InChI is InChI=1S/C17H13NO2/c1-12-5-4-8-16(18(19)20)17(12)15-10-9-13-6-2-3-7-14(13)11-15/h2-11H,1H3. The van der Waals surface area contributed by atoms with Gasteiger partial charge in [-0.25, -0.2) is 0 Å². The van der Waals surface area contributed by atoms with Crippen LogP contribution >= 0.6 is 0 Å². The number of nitrogens with zero attached hydrogens (tertiary/aromatic N) is 1. The summed E-state index contributed by atoms with van der Waals surface area (Å²) in [4.78, 5) is 10.9. The zero-order valence-corrected chi connectivity index (χ0v) is 11.0. The maximum atomic E-state index is 11.2. The van der Waals surface area contributed by atoms with Gasteiger partial charge in [-0.3, -0.25) is 10.1 Å². The Kier molecular flexibility index (Phi) is 2.95. The van der Waals surface area contributed by atoms with E-state index in [1.54, 1.807) is 12.1 Å². The molecular formula is C17H13NO2. The van der Waals surface area contributed by atoms with Crippen molar-refractivity contribution in [3.8, 4) is 11.1 Å². The second-order valence-corrected chi connectivity index (χ2v) is 4.79. The molecule has 0 aromatic heterocycles. The number of fused-ring (bicyclic) bond motifs is 1. The van der Waals surface area contributed by atoms with Crippen LogP contribution in [0.3, 0.4) is 0 Å². The van der Waals surface area contributed by atoms with Gasteiger partial charge in [0.2, 0.25) is 0 Å². The van der Waals surface area contributed by atoms with E-state index in [0.29, 0.717) is 5.56 Å². The van der Waals surface area contributed by atoms with Crippen molar-refractivity contribution in [2.75, 3.05) is 0 Å². The number of nitro groups is 1. The van der Waals surface area contributed by atoms with Crippen molar-refractivity contribution < 1.29 is 4.92 Å². The molecule has 0 radical (unpaired) electrons. The largest absolute Gasteiger partial charge is 0.277 e. The van der Waals surface area contributed by atoms with Gasteiger partial charge in [0.15, 0.2) is 0 Å². The Labute approximate surface area is 116 Å². The summed E-state index contributed by atoms with van der Waals surface area (Å²) in [5.74, 6) is 0. The second kappa shape index (κ2) is 4.78. The van der Waals surface area contributed by atoms with Gasteiger partial charge in [0.05, 0.1) is 10.5 Å².